The van der Waals surface area contributed by atoms with Crippen LogP contribution in [0.4, 0.5) is 0 Å². The van der Waals surface area contributed by atoms with E-state index in [9.17, 15) is 14.4 Å². The number of benzene rings is 1. The van der Waals surface area contributed by atoms with Gasteiger partial charge in [-0.1, -0.05) is 12.2 Å². The number of carbonyl (C=O) groups is 3. The fourth-order valence-electron chi connectivity index (χ4n) is 4.75. The topological polar surface area (TPSA) is 78.9 Å². The first-order chi connectivity index (χ1) is 13.0. The Morgan fingerprint density at radius 3 is 2.07 bits per heavy atom. The third-order valence-electron chi connectivity index (χ3n) is 6.15. The normalized spacial score (nSPS) is 32.4. The van der Waals surface area contributed by atoms with Gasteiger partial charge in [0.25, 0.3) is 0 Å². The maximum atomic E-state index is 12.8. The molecule has 0 heterocycles. The summed E-state index contributed by atoms with van der Waals surface area (Å²) in [5.41, 5.74) is 0.445. The standard InChI is InChI=1S/C21H22O6/c1-25-12-5-3-11(4-6-12)17(22)10-27-21(24)19-14-8-7-13(15-9-16(14)15)18(19)20(23)26-2/h3-8,13-16,18-19H,9-10H2,1-2H3/t13-,14+,15-,16-,18+,19+/m1/s1. The van der Waals surface area contributed by atoms with Gasteiger partial charge in [-0.2, -0.15) is 0 Å². The lowest BCUT2D eigenvalue weighted by molar-refractivity contribution is -0.165. The summed E-state index contributed by atoms with van der Waals surface area (Å²) in [5, 5.41) is 0. The molecule has 0 aliphatic heterocycles. The number of allylic oxidation sites excluding steroid dienone is 2. The molecular weight excluding hydrogens is 348 g/mol. The maximum Gasteiger partial charge on any atom is 0.310 e. The Bertz CT molecular complexity index is 795. The first kappa shape index (κ1) is 17.8. The molecule has 5 rings (SSSR count). The van der Waals surface area contributed by atoms with Gasteiger partial charge in [0.15, 0.2) is 12.4 Å². The van der Waals surface area contributed by atoms with Gasteiger partial charge in [-0.15, -0.1) is 0 Å². The minimum Gasteiger partial charge on any atom is -0.497 e. The van der Waals surface area contributed by atoms with E-state index < -0.39 is 17.8 Å². The van der Waals surface area contributed by atoms with Crippen LogP contribution in [-0.4, -0.2) is 38.5 Å². The number of hydrogen-bond acceptors (Lipinski definition) is 6. The monoisotopic (exact) mass is 370 g/mol. The summed E-state index contributed by atoms with van der Waals surface area (Å²) >= 11 is 0. The van der Waals surface area contributed by atoms with Gasteiger partial charge >= 0.3 is 11.9 Å². The van der Waals surface area contributed by atoms with Crippen molar-refractivity contribution in [3.8, 4) is 5.75 Å². The average molecular weight is 370 g/mol. The molecule has 2 fully saturated rings. The summed E-state index contributed by atoms with van der Waals surface area (Å²) in [4.78, 5) is 37.4. The molecule has 6 heteroatoms. The van der Waals surface area contributed by atoms with Gasteiger partial charge in [0.1, 0.15) is 5.75 Å². The summed E-state index contributed by atoms with van der Waals surface area (Å²) < 4.78 is 15.4. The lowest BCUT2D eigenvalue weighted by Crippen LogP contribution is -2.47. The second-order valence-electron chi connectivity index (χ2n) is 7.44. The summed E-state index contributed by atoms with van der Waals surface area (Å²) in [7, 11) is 2.89. The first-order valence-electron chi connectivity index (χ1n) is 9.15. The van der Waals surface area contributed by atoms with Gasteiger partial charge in [0.2, 0.25) is 0 Å². The Morgan fingerprint density at radius 2 is 1.52 bits per heavy atom. The largest absolute Gasteiger partial charge is 0.497 e. The molecule has 0 radical (unpaired) electrons. The third-order valence-corrected chi connectivity index (χ3v) is 6.15. The SMILES string of the molecule is COC(=O)[C@H]1[C@@H]2C=C[C@@H]([C@H]3C[C@H]23)[C@@H]1C(=O)OCC(=O)c1ccc(OC)cc1. The van der Waals surface area contributed by atoms with Gasteiger partial charge < -0.3 is 14.2 Å². The van der Waals surface area contributed by atoms with E-state index in [1.807, 2.05) is 12.2 Å². The van der Waals surface area contributed by atoms with E-state index in [1.54, 1.807) is 31.4 Å². The zero-order chi connectivity index (χ0) is 19.1. The fourth-order valence-corrected chi connectivity index (χ4v) is 4.75. The molecule has 6 nitrogen and oxygen atoms in total. The van der Waals surface area contributed by atoms with E-state index in [1.165, 1.54) is 7.11 Å². The van der Waals surface area contributed by atoms with E-state index in [2.05, 4.69) is 0 Å². The first-order valence-corrected chi connectivity index (χ1v) is 9.15. The number of hydrogen-bond donors (Lipinski definition) is 0. The van der Waals surface area contributed by atoms with E-state index in [0.717, 1.165) is 6.42 Å². The minimum absolute atomic E-state index is 0.00677. The lowest BCUT2D eigenvalue weighted by Gasteiger charge is -2.41. The van der Waals surface area contributed by atoms with Crippen LogP contribution < -0.4 is 4.74 Å². The van der Waals surface area contributed by atoms with E-state index in [4.69, 9.17) is 14.2 Å². The summed E-state index contributed by atoms with van der Waals surface area (Å²) in [6.45, 7) is -0.343. The predicted molar refractivity (Wildman–Crippen MR) is 95.0 cm³/mol. The van der Waals surface area contributed by atoms with Gasteiger partial charge in [0.05, 0.1) is 26.1 Å². The zero-order valence-corrected chi connectivity index (χ0v) is 15.3. The summed E-state index contributed by atoms with van der Waals surface area (Å²) in [5.74, 6) is -0.660. The van der Waals surface area contributed by atoms with Crippen molar-refractivity contribution in [1.82, 2.24) is 0 Å². The van der Waals surface area contributed by atoms with E-state index >= 15 is 0 Å². The highest BCUT2D eigenvalue weighted by Crippen LogP contribution is 2.63. The Balaban J connectivity index is 1.44. The van der Waals surface area contributed by atoms with Crippen LogP contribution in [0, 0.1) is 35.5 Å². The van der Waals surface area contributed by atoms with E-state index in [0.29, 0.717) is 23.1 Å². The van der Waals surface area contributed by atoms with Crippen LogP contribution in [0.1, 0.15) is 16.8 Å². The van der Waals surface area contributed by atoms with Gasteiger partial charge in [0, 0.05) is 5.56 Å². The number of ketones is 1. The van der Waals surface area contributed by atoms with Crippen LogP contribution in [0.2, 0.25) is 0 Å². The molecule has 1 aromatic rings. The third kappa shape index (κ3) is 3.03. The molecule has 4 aliphatic carbocycles. The van der Waals surface area contributed by atoms with Gasteiger partial charge in [-0.05, 0) is 54.4 Å². The Labute approximate surface area is 157 Å². The van der Waals surface area contributed by atoms with Crippen molar-refractivity contribution in [2.75, 3.05) is 20.8 Å². The molecule has 0 aromatic heterocycles. The van der Waals surface area contributed by atoms with Crippen molar-refractivity contribution in [1.29, 1.82) is 0 Å². The molecule has 2 saturated carbocycles. The van der Waals surface area contributed by atoms with Gasteiger partial charge in [-0.3, -0.25) is 14.4 Å². The summed E-state index contributed by atoms with van der Waals surface area (Å²) in [6.07, 6.45) is 5.12. The number of carbonyl (C=O) groups excluding carboxylic acids is 3. The van der Waals surface area contributed by atoms with Crippen molar-refractivity contribution < 1.29 is 28.6 Å². The van der Waals surface area contributed by atoms with Crippen molar-refractivity contribution in [2.24, 2.45) is 35.5 Å². The average Bonchev–Trinajstić information content (AvgIpc) is 3.53. The second-order valence-corrected chi connectivity index (χ2v) is 7.44. The fraction of sp³-hybridized carbons (Fsp3) is 0.476. The van der Waals surface area contributed by atoms with Crippen molar-refractivity contribution in [2.45, 2.75) is 6.42 Å². The molecule has 27 heavy (non-hydrogen) atoms. The van der Waals surface area contributed by atoms with Crippen LogP contribution in [0.15, 0.2) is 36.4 Å². The quantitative estimate of drug-likeness (QED) is 0.434. The maximum absolute atomic E-state index is 12.8. The number of esters is 2. The molecule has 0 spiro atoms. The smallest absolute Gasteiger partial charge is 0.310 e. The van der Waals surface area contributed by atoms with Crippen molar-refractivity contribution >= 4 is 17.7 Å². The molecule has 0 N–H and O–H groups in total. The van der Waals surface area contributed by atoms with Crippen LogP contribution in [0.25, 0.3) is 0 Å². The molecule has 4 aliphatic rings. The highest BCUT2D eigenvalue weighted by Gasteiger charge is 2.63. The van der Waals surface area contributed by atoms with Crippen LogP contribution in [0.3, 0.4) is 0 Å². The van der Waals surface area contributed by atoms with Crippen LogP contribution >= 0.6 is 0 Å². The molecule has 6 atom stereocenters. The predicted octanol–water partition coefficient (Wildman–Crippen LogP) is 2.28. The van der Waals surface area contributed by atoms with Crippen LogP contribution in [-0.2, 0) is 19.1 Å². The molecule has 2 bridgehead atoms. The highest BCUT2D eigenvalue weighted by molar-refractivity contribution is 5.98. The Morgan fingerprint density at radius 1 is 0.926 bits per heavy atom. The van der Waals surface area contributed by atoms with Crippen molar-refractivity contribution in [3.05, 3.63) is 42.0 Å². The number of rotatable bonds is 6. The lowest BCUT2D eigenvalue weighted by atomic mass is 9.62. The van der Waals surface area contributed by atoms with Crippen LogP contribution in [0.5, 0.6) is 5.75 Å². The molecule has 0 unspecified atom stereocenters. The number of ether oxygens (including phenoxy) is 3. The zero-order valence-electron chi connectivity index (χ0n) is 15.3. The minimum atomic E-state index is -0.570. The molecule has 142 valence electrons. The number of fused-ring (bicyclic) bond motifs is 1. The van der Waals surface area contributed by atoms with E-state index in [-0.39, 0.29) is 30.2 Å². The summed E-state index contributed by atoms with van der Waals surface area (Å²) in [6, 6.07) is 6.62. The Kier molecular flexibility index (Phi) is 4.50. The molecule has 0 saturated heterocycles. The van der Waals surface area contributed by atoms with Gasteiger partial charge in [-0.25, -0.2) is 0 Å². The Hall–Kier alpha value is -2.63. The molecular formula is C21H22O6. The molecule has 0 amide bonds. The number of Topliss-reactive ketones (excluding diaryl/α,β-unsaturated/α-hetero) is 1. The second kappa shape index (κ2) is 6.83. The number of methoxy groups -OCH3 is 2. The molecule has 1 aromatic carbocycles. The van der Waals surface area contributed by atoms with Crippen molar-refractivity contribution in [3.63, 3.8) is 0 Å². The highest BCUT2D eigenvalue weighted by atomic mass is 16.5.